The molecule has 13 nitrogen and oxygen atoms in total. The molecule has 3 aromatic heterocycles. The van der Waals surface area contributed by atoms with Gasteiger partial charge in [-0.05, 0) is 67.8 Å². The summed E-state index contributed by atoms with van der Waals surface area (Å²) in [7, 11) is 1.76. The first-order valence-electron chi connectivity index (χ1n) is 13.5. The van der Waals surface area contributed by atoms with E-state index in [-0.39, 0.29) is 17.8 Å². The maximum absolute atomic E-state index is 13.9. The van der Waals surface area contributed by atoms with Crippen molar-refractivity contribution in [2.24, 2.45) is 7.05 Å². The number of aromatic nitrogens is 7. The predicted octanol–water partition coefficient (Wildman–Crippen LogP) is 3.62. The van der Waals surface area contributed by atoms with E-state index < -0.39 is 11.9 Å². The van der Waals surface area contributed by atoms with Gasteiger partial charge >= 0.3 is 6.16 Å². The first-order chi connectivity index (χ1) is 19.7. The molecule has 41 heavy (non-hydrogen) atoms. The van der Waals surface area contributed by atoms with Crippen LogP contribution in [0.2, 0.25) is 0 Å². The number of carbonyl (C=O) groups excluding carboxylic acids is 1. The van der Waals surface area contributed by atoms with Crippen LogP contribution in [0.3, 0.4) is 0 Å². The zero-order chi connectivity index (χ0) is 29.1. The molecule has 4 aromatic rings. The Labute approximate surface area is 237 Å². The normalized spacial score (nSPS) is 16.6. The number of hydrogen-bond donors (Lipinski definition) is 2. The second kappa shape index (κ2) is 11.5. The van der Waals surface area contributed by atoms with Crippen LogP contribution >= 0.6 is 0 Å². The number of carboxylic acid groups (broad SMARTS) is 1. The van der Waals surface area contributed by atoms with E-state index >= 15 is 0 Å². The molecule has 0 bridgehead atoms. The van der Waals surface area contributed by atoms with E-state index in [1.165, 1.54) is 0 Å². The van der Waals surface area contributed by atoms with Gasteiger partial charge in [0.2, 0.25) is 11.5 Å². The number of hydrogen-bond acceptors (Lipinski definition) is 9. The highest BCUT2D eigenvalue weighted by Gasteiger charge is 2.33. The minimum absolute atomic E-state index is 0.00190. The van der Waals surface area contributed by atoms with Crippen LogP contribution < -0.4 is 10.2 Å². The Kier molecular flexibility index (Phi) is 7.79. The van der Waals surface area contributed by atoms with Gasteiger partial charge in [0.05, 0.1) is 12.2 Å². The van der Waals surface area contributed by atoms with Crippen LogP contribution in [0.4, 0.5) is 10.6 Å². The number of rotatable bonds is 8. The van der Waals surface area contributed by atoms with Gasteiger partial charge in [-0.3, -0.25) is 14.4 Å². The van der Waals surface area contributed by atoms with Crippen LogP contribution in [0.1, 0.15) is 49.0 Å². The van der Waals surface area contributed by atoms with Crippen LogP contribution in [0, 0.1) is 6.92 Å². The first-order valence-corrected chi connectivity index (χ1v) is 13.5. The molecule has 1 aromatic carbocycles. The zero-order valence-electron chi connectivity index (χ0n) is 23.5. The van der Waals surface area contributed by atoms with Crippen molar-refractivity contribution in [3.63, 3.8) is 0 Å². The van der Waals surface area contributed by atoms with Crippen LogP contribution in [0.25, 0.3) is 22.6 Å². The molecule has 1 unspecified atom stereocenters. The minimum atomic E-state index is -1.43. The van der Waals surface area contributed by atoms with Crippen molar-refractivity contribution in [1.82, 2.24) is 40.3 Å². The molecule has 0 spiro atoms. The number of carbonyl (C=O) groups is 2. The molecular formula is C28H33N9O4. The third-order valence-electron chi connectivity index (χ3n) is 7.46. The van der Waals surface area contributed by atoms with E-state index in [0.29, 0.717) is 30.0 Å². The number of pyridine rings is 1. The Morgan fingerprint density at radius 2 is 2.02 bits per heavy atom. The lowest BCUT2D eigenvalue weighted by Gasteiger charge is -2.34. The third-order valence-corrected chi connectivity index (χ3v) is 7.46. The van der Waals surface area contributed by atoms with Crippen LogP contribution in [-0.4, -0.2) is 71.3 Å². The van der Waals surface area contributed by atoms with Crippen molar-refractivity contribution in [3.8, 4) is 22.6 Å². The Bertz CT molecular complexity index is 1540. The number of benzene rings is 1. The van der Waals surface area contributed by atoms with E-state index in [9.17, 15) is 9.59 Å². The molecule has 0 saturated carbocycles. The molecule has 2 N–H and O–H groups in total. The lowest BCUT2D eigenvalue weighted by Crippen LogP contribution is -2.49. The summed E-state index contributed by atoms with van der Waals surface area (Å²) in [6.07, 6.45) is 4.16. The summed E-state index contributed by atoms with van der Waals surface area (Å²) < 4.78 is 6.66. The SMILES string of the molecule is CCC(C)(OC(=O)O)n1nnc(-c2c(-c3ccc(C(=O)N(c4ncccc4C)[C@@H]4CCCNC4)cc3)cnn2C)n1. The molecule has 4 heterocycles. The standard InChI is InChI=1S/C28H33N9O4/c1-5-28(3,41-27(39)40)37-33-24(32-34-37)23-22(17-31-35(23)4)19-10-12-20(13-11-19)26(38)36(21-9-7-14-29-16-21)25-18(2)8-6-15-30-25/h6,8,10-13,15,17,21,29H,5,7,9,14,16H2,1-4H3,(H,39,40)/t21-,28?/m1/s1. The summed E-state index contributed by atoms with van der Waals surface area (Å²) in [6.45, 7) is 6.96. The highest BCUT2D eigenvalue weighted by Crippen LogP contribution is 2.31. The average Bonchev–Trinajstić information content (AvgIpc) is 3.61. The summed E-state index contributed by atoms with van der Waals surface area (Å²) in [5, 5.41) is 29.6. The number of tetrazole rings is 1. The second-order valence-electron chi connectivity index (χ2n) is 10.2. The molecule has 0 radical (unpaired) electrons. The fourth-order valence-corrected chi connectivity index (χ4v) is 5.02. The minimum Gasteiger partial charge on any atom is -0.450 e. The number of nitrogens with zero attached hydrogens (tertiary/aromatic N) is 8. The highest BCUT2D eigenvalue weighted by atomic mass is 16.7. The summed E-state index contributed by atoms with van der Waals surface area (Å²) >= 11 is 0. The topological polar surface area (TPSA) is 153 Å². The van der Waals surface area contributed by atoms with E-state index in [0.717, 1.165) is 40.9 Å². The zero-order valence-corrected chi connectivity index (χ0v) is 23.5. The van der Waals surface area contributed by atoms with Crippen molar-refractivity contribution in [3.05, 3.63) is 59.9 Å². The Morgan fingerprint density at radius 3 is 2.68 bits per heavy atom. The maximum Gasteiger partial charge on any atom is 0.508 e. The van der Waals surface area contributed by atoms with Crippen molar-refractivity contribution < 1.29 is 19.4 Å². The van der Waals surface area contributed by atoms with Crippen molar-refractivity contribution in [2.45, 2.75) is 51.8 Å². The Morgan fingerprint density at radius 1 is 1.24 bits per heavy atom. The monoisotopic (exact) mass is 559 g/mol. The van der Waals surface area contributed by atoms with Gasteiger partial charge in [0, 0.05) is 37.3 Å². The summed E-state index contributed by atoms with van der Waals surface area (Å²) in [6, 6.07) is 11.2. The van der Waals surface area contributed by atoms with Crippen molar-refractivity contribution in [1.29, 1.82) is 0 Å². The second-order valence-corrected chi connectivity index (χ2v) is 10.2. The number of ether oxygens (including phenoxy) is 1. The van der Waals surface area contributed by atoms with Gasteiger partial charge in [0.25, 0.3) is 5.91 Å². The lowest BCUT2D eigenvalue weighted by atomic mass is 10.0. The highest BCUT2D eigenvalue weighted by molar-refractivity contribution is 6.06. The number of amides is 1. The van der Waals surface area contributed by atoms with Crippen LogP contribution in [0.15, 0.2) is 48.8 Å². The van der Waals surface area contributed by atoms with Gasteiger partial charge in [-0.15, -0.1) is 15.0 Å². The largest absolute Gasteiger partial charge is 0.508 e. The molecular weight excluding hydrogens is 526 g/mol. The van der Waals surface area contributed by atoms with E-state index in [2.05, 4.69) is 30.8 Å². The number of piperidine rings is 1. The van der Waals surface area contributed by atoms with Gasteiger partial charge in [0.1, 0.15) is 11.5 Å². The molecule has 2 atom stereocenters. The number of nitrogens with one attached hydrogen (secondary N) is 1. The average molecular weight is 560 g/mol. The van der Waals surface area contributed by atoms with Gasteiger partial charge in [-0.1, -0.05) is 25.1 Å². The smallest absolute Gasteiger partial charge is 0.450 e. The number of anilines is 1. The lowest BCUT2D eigenvalue weighted by molar-refractivity contribution is -0.0810. The fraction of sp³-hybridized carbons (Fsp3) is 0.393. The van der Waals surface area contributed by atoms with Crippen molar-refractivity contribution >= 4 is 17.9 Å². The van der Waals surface area contributed by atoms with Crippen molar-refractivity contribution in [2.75, 3.05) is 18.0 Å². The Hall–Kier alpha value is -4.65. The Balaban J connectivity index is 1.45. The molecule has 1 saturated heterocycles. The molecule has 1 aliphatic rings. The maximum atomic E-state index is 13.9. The molecule has 1 amide bonds. The third kappa shape index (κ3) is 5.53. The van der Waals surface area contributed by atoms with Crippen LogP contribution in [-0.2, 0) is 17.5 Å². The van der Waals surface area contributed by atoms with Gasteiger partial charge in [0.15, 0.2) is 0 Å². The van der Waals surface area contributed by atoms with E-state index in [4.69, 9.17) is 9.84 Å². The summed E-state index contributed by atoms with van der Waals surface area (Å²) in [5.74, 6) is 0.820. The fourth-order valence-electron chi connectivity index (χ4n) is 5.02. The van der Waals surface area contributed by atoms with E-state index in [1.807, 2.05) is 36.1 Å². The van der Waals surface area contributed by atoms with Gasteiger partial charge in [-0.2, -0.15) is 5.10 Å². The van der Waals surface area contributed by atoms with Gasteiger partial charge in [-0.25, -0.2) is 9.78 Å². The van der Waals surface area contributed by atoms with Gasteiger partial charge < -0.3 is 15.2 Å². The summed E-state index contributed by atoms with van der Waals surface area (Å²) in [4.78, 5) is 32.6. The summed E-state index contributed by atoms with van der Waals surface area (Å²) in [5.41, 5.74) is 2.30. The van der Waals surface area contributed by atoms with E-state index in [1.54, 1.807) is 50.1 Å². The molecule has 1 aliphatic heterocycles. The predicted molar refractivity (Wildman–Crippen MR) is 150 cm³/mol. The molecule has 0 aliphatic carbocycles. The number of aryl methyl sites for hydroxylation is 2. The molecule has 214 valence electrons. The first kappa shape index (κ1) is 27.9. The molecule has 13 heteroatoms. The van der Waals surface area contributed by atoms with Crippen LogP contribution in [0.5, 0.6) is 0 Å². The molecule has 1 fully saturated rings. The quantitative estimate of drug-likeness (QED) is 0.306. The molecule has 5 rings (SSSR count).